The lowest BCUT2D eigenvalue weighted by molar-refractivity contribution is 0.0806. The first-order valence-electron chi connectivity index (χ1n) is 5.33. The van der Waals surface area contributed by atoms with E-state index in [1.165, 1.54) is 0 Å². The molecular weight excluding hydrogens is 216 g/mol. The molecule has 90 valence electrons. The molecule has 1 aromatic carbocycles. The molecule has 0 N–H and O–H groups in total. The molecule has 1 aromatic rings. The Labute approximate surface area is 101 Å². The summed E-state index contributed by atoms with van der Waals surface area (Å²) in [7, 11) is 0. The standard InChI is InChI=1S/C14H16O3/c1-3-8-16-11-14(15)12-6-5-7-13(10-12)17-9-4-2/h3-7,10H,1-2,8-9,11H2. The SMILES string of the molecule is C=CCOCC(=O)c1cccc(OCC=C)c1. The van der Waals surface area contributed by atoms with Gasteiger partial charge in [-0.15, -0.1) is 6.58 Å². The molecule has 0 aliphatic rings. The van der Waals surface area contributed by atoms with Crippen molar-refractivity contribution in [2.45, 2.75) is 0 Å². The summed E-state index contributed by atoms with van der Waals surface area (Å²) in [4.78, 5) is 11.7. The predicted octanol–water partition coefficient (Wildman–Crippen LogP) is 2.64. The van der Waals surface area contributed by atoms with Gasteiger partial charge in [0.15, 0.2) is 5.78 Å². The molecule has 0 heterocycles. The quantitative estimate of drug-likeness (QED) is 0.392. The normalized spacial score (nSPS) is 9.65. The van der Waals surface area contributed by atoms with Gasteiger partial charge in [-0.05, 0) is 12.1 Å². The Kier molecular flexibility index (Phi) is 5.75. The van der Waals surface area contributed by atoms with Crippen molar-refractivity contribution >= 4 is 5.78 Å². The lowest BCUT2D eigenvalue weighted by Crippen LogP contribution is -2.09. The van der Waals surface area contributed by atoms with Crippen LogP contribution < -0.4 is 4.74 Å². The van der Waals surface area contributed by atoms with Crippen molar-refractivity contribution in [3.63, 3.8) is 0 Å². The number of Topliss-reactive ketones (excluding diaryl/α,β-unsaturated/α-hetero) is 1. The third-order valence-electron chi connectivity index (χ3n) is 1.99. The van der Waals surface area contributed by atoms with E-state index < -0.39 is 0 Å². The van der Waals surface area contributed by atoms with Crippen LogP contribution in [0.15, 0.2) is 49.6 Å². The van der Waals surface area contributed by atoms with E-state index in [0.29, 0.717) is 24.5 Å². The van der Waals surface area contributed by atoms with Gasteiger partial charge >= 0.3 is 0 Å². The van der Waals surface area contributed by atoms with Crippen LogP contribution in [0.25, 0.3) is 0 Å². The van der Waals surface area contributed by atoms with Gasteiger partial charge in [0.25, 0.3) is 0 Å². The molecule has 0 aliphatic carbocycles. The molecule has 0 spiro atoms. The van der Waals surface area contributed by atoms with E-state index in [0.717, 1.165) is 0 Å². The molecule has 17 heavy (non-hydrogen) atoms. The van der Waals surface area contributed by atoms with E-state index in [1.54, 1.807) is 36.4 Å². The summed E-state index contributed by atoms with van der Waals surface area (Å²) in [5.41, 5.74) is 0.579. The fourth-order valence-corrected chi connectivity index (χ4v) is 1.23. The van der Waals surface area contributed by atoms with E-state index >= 15 is 0 Å². The van der Waals surface area contributed by atoms with Crippen LogP contribution in [-0.2, 0) is 4.74 Å². The van der Waals surface area contributed by atoms with E-state index in [2.05, 4.69) is 13.2 Å². The zero-order valence-corrected chi connectivity index (χ0v) is 9.72. The molecule has 0 unspecified atom stereocenters. The first-order valence-corrected chi connectivity index (χ1v) is 5.33. The second kappa shape index (κ2) is 7.41. The van der Waals surface area contributed by atoms with E-state index in [4.69, 9.17) is 9.47 Å². The van der Waals surface area contributed by atoms with Crippen LogP contribution in [0.2, 0.25) is 0 Å². The van der Waals surface area contributed by atoms with Crippen molar-refractivity contribution in [3.05, 3.63) is 55.1 Å². The second-order valence-corrected chi connectivity index (χ2v) is 3.35. The molecule has 0 aromatic heterocycles. The van der Waals surface area contributed by atoms with Crippen molar-refractivity contribution in [2.75, 3.05) is 19.8 Å². The molecule has 3 heteroatoms. The number of benzene rings is 1. The Balaban J connectivity index is 2.60. The zero-order valence-electron chi connectivity index (χ0n) is 9.72. The summed E-state index contributed by atoms with van der Waals surface area (Å²) in [6.45, 7) is 7.92. The summed E-state index contributed by atoms with van der Waals surface area (Å²) in [5, 5.41) is 0. The third kappa shape index (κ3) is 4.66. The third-order valence-corrected chi connectivity index (χ3v) is 1.99. The number of ketones is 1. The van der Waals surface area contributed by atoms with Crippen molar-refractivity contribution in [1.29, 1.82) is 0 Å². The highest BCUT2D eigenvalue weighted by atomic mass is 16.5. The number of hydrogen-bond donors (Lipinski definition) is 0. The van der Waals surface area contributed by atoms with Crippen molar-refractivity contribution in [3.8, 4) is 5.75 Å². The maximum absolute atomic E-state index is 11.7. The highest BCUT2D eigenvalue weighted by Gasteiger charge is 2.06. The Morgan fingerprint density at radius 1 is 1.24 bits per heavy atom. The zero-order chi connectivity index (χ0) is 12.5. The maximum atomic E-state index is 11.7. The van der Waals surface area contributed by atoms with Gasteiger partial charge in [0, 0.05) is 5.56 Å². The van der Waals surface area contributed by atoms with Gasteiger partial charge in [0.1, 0.15) is 19.0 Å². The predicted molar refractivity (Wildman–Crippen MR) is 67.5 cm³/mol. The van der Waals surface area contributed by atoms with Gasteiger partial charge in [-0.3, -0.25) is 4.79 Å². The molecule has 0 amide bonds. The summed E-state index contributed by atoms with van der Waals surface area (Å²) >= 11 is 0. The Morgan fingerprint density at radius 2 is 2.00 bits per heavy atom. The van der Waals surface area contributed by atoms with Crippen LogP contribution in [-0.4, -0.2) is 25.6 Å². The van der Waals surface area contributed by atoms with Crippen LogP contribution in [0.4, 0.5) is 0 Å². The molecule has 1 rings (SSSR count). The molecule has 0 atom stereocenters. The summed E-state index contributed by atoms with van der Waals surface area (Å²) < 4.78 is 10.4. The molecule has 0 saturated carbocycles. The fourth-order valence-electron chi connectivity index (χ4n) is 1.23. The van der Waals surface area contributed by atoms with Crippen LogP contribution >= 0.6 is 0 Å². The molecule has 0 bridgehead atoms. The van der Waals surface area contributed by atoms with Gasteiger partial charge in [-0.25, -0.2) is 0 Å². The smallest absolute Gasteiger partial charge is 0.188 e. The number of carbonyl (C=O) groups is 1. The number of rotatable bonds is 8. The van der Waals surface area contributed by atoms with Crippen LogP contribution in [0.3, 0.4) is 0 Å². The maximum Gasteiger partial charge on any atom is 0.188 e. The number of ether oxygens (including phenoxy) is 2. The topological polar surface area (TPSA) is 35.5 Å². The average Bonchev–Trinajstić information content (AvgIpc) is 2.37. The van der Waals surface area contributed by atoms with Crippen LogP contribution in [0.1, 0.15) is 10.4 Å². The summed E-state index contributed by atoms with van der Waals surface area (Å²) in [6.07, 6.45) is 3.26. The highest BCUT2D eigenvalue weighted by molar-refractivity contribution is 5.97. The Morgan fingerprint density at radius 3 is 2.71 bits per heavy atom. The van der Waals surface area contributed by atoms with E-state index in [9.17, 15) is 4.79 Å². The average molecular weight is 232 g/mol. The van der Waals surface area contributed by atoms with Gasteiger partial charge in [0.2, 0.25) is 0 Å². The minimum atomic E-state index is -0.0732. The van der Waals surface area contributed by atoms with E-state index in [1.807, 2.05) is 0 Å². The highest BCUT2D eigenvalue weighted by Crippen LogP contribution is 2.13. The number of carbonyl (C=O) groups excluding carboxylic acids is 1. The second-order valence-electron chi connectivity index (χ2n) is 3.35. The summed E-state index contributed by atoms with van der Waals surface area (Å²) in [6, 6.07) is 7.01. The minimum absolute atomic E-state index is 0.0525. The van der Waals surface area contributed by atoms with Gasteiger partial charge in [-0.2, -0.15) is 0 Å². The Bertz CT molecular complexity index is 396. The van der Waals surface area contributed by atoms with Crippen LogP contribution in [0, 0.1) is 0 Å². The minimum Gasteiger partial charge on any atom is -0.490 e. The first kappa shape index (κ1) is 13.2. The van der Waals surface area contributed by atoms with Gasteiger partial charge in [-0.1, -0.05) is 30.9 Å². The van der Waals surface area contributed by atoms with Crippen molar-refractivity contribution < 1.29 is 14.3 Å². The molecule has 0 saturated heterocycles. The molecule has 0 fully saturated rings. The largest absolute Gasteiger partial charge is 0.490 e. The fraction of sp³-hybridized carbons (Fsp3) is 0.214. The summed E-state index contributed by atoms with van der Waals surface area (Å²) in [5.74, 6) is 0.579. The molecular formula is C14H16O3. The van der Waals surface area contributed by atoms with Crippen LogP contribution in [0.5, 0.6) is 5.75 Å². The number of hydrogen-bond acceptors (Lipinski definition) is 3. The lowest BCUT2D eigenvalue weighted by atomic mass is 10.1. The van der Waals surface area contributed by atoms with Crippen molar-refractivity contribution in [2.24, 2.45) is 0 Å². The van der Waals surface area contributed by atoms with Crippen molar-refractivity contribution in [1.82, 2.24) is 0 Å². The monoisotopic (exact) mass is 232 g/mol. The van der Waals surface area contributed by atoms with E-state index in [-0.39, 0.29) is 12.4 Å². The molecule has 0 radical (unpaired) electrons. The van der Waals surface area contributed by atoms with Gasteiger partial charge in [0.05, 0.1) is 6.61 Å². The van der Waals surface area contributed by atoms with Gasteiger partial charge < -0.3 is 9.47 Å². The first-order chi connectivity index (χ1) is 8.27. The molecule has 0 aliphatic heterocycles. The lowest BCUT2D eigenvalue weighted by Gasteiger charge is -2.05. The Hall–Kier alpha value is -1.87. The molecule has 3 nitrogen and oxygen atoms in total.